The van der Waals surface area contributed by atoms with Crippen molar-refractivity contribution in [3.8, 4) is 17.2 Å². The monoisotopic (exact) mass is 534 g/mol. The van der Waals surface area contributed by atoms with Crippen molar-refractivity contribution in [1.29, 1.82) is 0 Å². The lowest BCUT2D eigenvalue weighted by molar-refractivity contribution is -0.128. The van der Waals surface area contributed by atoms with Gasteiger partial charge in [-0.25, -0.2) is 0 Å². The summed E-state index contributed by atoms with van der Waals surface area (Å²) >= 11 is 0. The van der Waals surface area contributed by atoms with Gasteiger partial charge in [0.1, 0.15) is 46.5 Å². The molecule has 0 heterocycles. The van der Waals surface area contributed by atoms with Gasteiger partial charge in [0.05, 0.1) is 5.41 Å². The van der Waals surface area contributed by atoms with Crippen LogP contribution < -0.4 is 4.74 Å². The van der Waals surface area contributed by atoms with E-state index < -0.39 is 63.7 Å². The van der Waals surface area contributed by atoms with E-state index in [1.807, 2.05) is 13.8 Å². The molecular formula is C31H34O8. The number of aliphatic hydroxyl groups excluding tert-OH is 2. The highest BCUT2D eigenvalue weighted by Crippen LogP contribution is 2.45. The van der Waals surface area contributed by atoms with Gasteiger partial charge in [-0.15, -0.1) is 0 Å². The second kappa shape index (κ2) is 11.2. The van der Waals surface area contributed by atoms with Crippen LogP contribution in [0, 0.1) is 11.3 Å². The van der Waals surface area contributed by atoms with Crippen molar-refractivity contribution in [3.63, 3.8) is 0 Å². The highest BCUT2D eigenvalue weighted by Gasteiger charge is 2.46. The molecule has 39 heavy (non-hydrogen) atoms. The van der Waals surface area contributed by atoms with E-state index in [0.29, 0.717) is 0 Å². The Bertz CT molecular complexity index is 1420. The smallest absolute Gasteiger partial charge is 0.200 e. The Morgan fingerprint density at radius 2 is 1.64 bits per heavy atom. The number of aliphatic hydroxyl groups is 2. The minimum absolute atomic E-state index is 0.0621. The molecule has 0 atom stereocenters. The first kappa shape index (κ1) is 29.2. The normalized spacial score (nSPS) is 15.0. The summed E-state index contributed by atoms with van der Waals surface area (Å²) in [5.74, 6) is -4.92. The standard InChI is InChI=1S/C31H34O8/c1-16(2)12-13-39-22-15-21(32)19(27(35)23(22)26(34)18-10-8-7-9-11-18)14-20-28(36)24(25(33)17(3)4)30(38)31(5,6)29(20)37/h7-12,15,17,32,35-37H,13-14H2,1-6H3. The number of phenolic OH excluding ortho intramolecular Hbond substituents is 2. The van der Waals surface area contributed by atoms with Crippen molar-refractivity contribution in [1.82, 2.24) is 0 Å². The fraction of sp³-hybridized carbons (Fsp3) is 0.323. The predicted octanol–water partition coefficient (Wildman–Crippen LogP) is 5.67. The Kier molecular flexibility index (Phi) is 8.39. The molecule has 8 nitrogen and oxygen atoms in total. The third kappa shape index (κ3) is 5.60. The molecule has 0 fully saturated rings. The molecule has 0 spiro atoms. The molecule has 2 aromatic carbocycles. The first-order valence-electron chi connectivity index (χ1n) is 12.6. The lowest BCUT2D eigenvalue weighted by Crippen LogP contribution is -2.37. The van der Waals surface area contributed by atoms with Crippen molar-refractivity contribution in [2.45, 2.75) is 48.0 Å². The number of carbonyl (C=O) groups excluding carboxylic acids is 3. The molecule has 0 aliphatic heterocycles. The summed E-state index contributed by atoms with van der Waals surface area (Å²) in [6.45, 7) is 9.78. The third-order valence-electron chi connectivity index (χ3n) is 6.66. The third-order valence-corrected chi connectivity index (χ3v) is 6.66. The van der Waals surface area contributed by atoms with Crippen LogP contribution in [0.3, 0.4) is 0 Å². The van der Waals surface area contributed by atoms with Crippen LogP contribution >= 0.6 is 0 Å². The fourth-order valence-corrected chi connectivity index (χ4v) is 4.24. The van der Waals surface area contributed by atoms with Crippen LogP contribution in [0.2, 0.25) is 0 Å². The molecular weight excluding hydrogens is 500 g/mol. The molecule has 0 saturated carbocycles. The quantitative estimate of drug-likeness (QED) is 0.183. The number of hydrogen-bond donors (Lipinski definition) is 4. The molecule has 1 aliphatic carbocycles. The second-order valence-electron chi connectivity index (χ2n) is 10.6. The molecule has 2 aromatic rings. The van der Waals surface area contributed by atoms with E-state index >= 15 is 0 Å². The number of carbonyl (C=O) groups is 3. The van der Waals surface area contributed by atoms with Crippen molar-refractivity contribution >= 4 is 17.3 Å². The van der Waals surface area contributed by atoms with E-state index in [-0.39, 0.29) is 34.6 Å². The van der Waals surface area contributed by atoms with E-state index in [0.717, 1.165) is 5.57 Å². The predicted molar refractivity (Wildman–Crippen MR) is 146 cm³/mol. The minimum atomic E-state index is -1.55. The van der Waals surface area contributed by atoms with Gasteiger partial charge in [0.15, 0.2) is 11.6 Å². The van der Waals surface area contributed by atoms with Crippen LogP contribution in [0.5, 0.6) is 17.2 Å². The Labute approximate surface area is 227 Å². The molecule has 0 aromatic heterocycles. The number of Topliss-reactive ketones (excluding diaryl/α,β-unsaturated/α-hetero) is 2. The Hall–Kier alpha value is -4.33. The lowest BCUT2D eigenvalue weighted by Gasteiger charge is -2.31. The van der Waals surface area contributed by atoms with Crippen LogP contribution in [0.4, 0.5) is 0 Å². The summed E-state index contributed by atoms with van der Waals surface area (Å²) in [6, 6.07) is 9.37. The van der Waals surface area contributed by atoms with Gasteiger partial charge in [-0.3, -0.25) is 14.4 Å². The zero-order valence-corrected chi connectivity index (χ0v) is 23.0. The number of aromatic hydroxyl groups is 2. The highest BCUT2D eigenvalue weighted by molar-refractivity contribution is 6.24. The van der Waals surface area contributed by atoms with E-state index in [4.69, 9.17) is 4.74 Å². The van der Waals surface area contributed by atoms with Crippen molar-refractivity contribution in [2.24, 2.45) is 11.3 Å². The summed E-state index contributed by atoms with van der Waals surface area (Å²) in [5.41, 5.74) is -1.42. The molecule has 0 saturated heterocycles. The molecule has 0 amide bonds. The summed E-state index contributed by atoms with van der Waals surface area (Å²) in [6.07, 6.45) is 1.28. The van der Waals surface area contributed by atoms with Crippen LogP contribution in [0.15, 0.2) is 70.7 Å². The summed E-state index contributed by atoms with van der Waals surface area (Å²) < 4.78 is 5.73. The number of allylic oxidation sites excluding steroid dienone is 4. The maximum Gasteiger partial charge on any atom is 0.200 e. The molecule has 0 unspecified atom stereocenters. The van der Waals surface area contributed by atoms with Crippen LogP contribution in [0.25, 0.3) is 0 Å². The van der Waals surface area contributed by atoms with Gasteiger partial charge in [0.2, 0.25) is 5.78 Å². The average Bonchev–Trinajstić information content (AvgIpc) is 2.87. The molecule has 0 radical (unpaired) electrons. The van der Waals surface area contributed by atoms with Crippen molar-refractivity contribution in [2.75, 3.05) is 6.61 Å². The summed E-state index contributed by atoms with van der Waals surface area (Å²) in [4.78, 5) is 39.4. The first-order chi connectivity index (χ1) is 18.2. The van der Waals surface area contributed by atoms with Crippen LogP contribution in [-0.4, -0.2) is 44.4 Å². The number of ketones is 3. The zero-order chi connectivity index (χ0) is 29.2. The Morgan fingerprint density at radius 3 is 2.21 bits per heavy atom. The minimum Gasteiger partial charge on any atom is -0.511 e. The molecule has 0 bridgehead atoms. The fourth-order valence-electron chi connectivity index (χ4n) is 4.24. The SMILES string of the molecule is CC(C)=CCOc1cc(O)c(CC2=C(O)C(C)(C)C(=O)C(C(=O)C(C)C)=C2O)c(O)c1C(=O)c1ccccc1. The lowest BCUT2D eigenvalue weighted by atomic mass is 9.72. The molecule has 3 rings (SSSR count). The van der Waals surface area contributed by atoms with E-state index in [1.165, 1.54) is 19.9 Å². The van der Waals surface area contributed by atoms with Gasteiger partial charge in [-0.1, -0.05) is 49.8 Å². The van der Waals surface area contributed by atoms with E-state index in [1.54, 1.807) is 50.3 Å². The Morgan fingerprint density at radius 1 is 1.03 bits per heavy atom. The van der Waals surface area contributed by atoms with E-state index in [9.17, 15) is 34.8 Å². The van der Waals surface area contributed by atoms with Crippen LogP contribution in [0.1, 0.15) is 63.0 Å². The maximum atomic E-state index is 13.5. The van der Waals surface area contributed by atoms with Crippen molar-refractivity contribution in [3.05, 3.63) is 87.4 Å². The number of phenols is 2. The van der Waals surface area contributed by atoms with Crippen molar-refractivity contribution < 1.29 is 39.5 Å². The van der Waals surface area contributed by atoms with Gasteiger partial charge in [-0.2, -0.15) is 0 Å². The van der Waals surface area contributed by atoms with Gasteiger partial charge in [-0.05, 0) is 33.8 Å². The molecule has 8 heteroatoms. The number of benzene rings is 2. The topological polar surface area (TPSA) is 141 Å². The molecule has 1 aliphatic rings. The number of ether oxygens (including phenoxy) is 1. The van der Waals surface area contributed by atoms with Gasteiger partial charge < -0.3 is 25.2 Å². The zero-order valence-electron chi connectivity index (χ0n) is 23.0. The Balaban J connectivity index is 2.23. The molecule has 4 N–H and O–H groups in total. The first-order valence-corrected chi connectivity index (χ1v) is 12.6. The maximum absolute atomic E-state index is 13.5. The largest absolute Gasteiger partial charge is 0.511 e. The average molecular weight is 535 g/mol. The van der Waals surface area contributed by atoms with Gasteiger partial charge >= 0.3 is 0 Å². The summed E-state index contributed by atoms with van der Waals surface area (Å²) in [5, 5.41) is 44.2. The van der Waals surface area contributed by atoms with Gasteiger partial charge in [0, 0.05) is 35.1 Å². The van der Waals surface area contributed by atoms with E-state index in [2.05, 4.69) is 0 Å². The highest BCUT2D eigenvalue weighted by atomic mass is 16.5. The molecule has 206 valence electrons. The number of hydrogen-bond acceptors (Lipinski definition) is 8. The second-order valence-corrected chi connectivity index (χ2v) is 10.6. The van der Waals surface area contributed by atoms with Gasteiger partial charge in [0.25, 0.3) is 0 Å². The summed E-state index contributed by atoms with van der Waals surface area (Å²) in [7, 11) is 0. The number of rotatable bonds is 9. The van der Waals surface area contributed by atoms with Crippen LogP contribution in [-0.2, 0) is 16.0 Å².